The van der Waals surface area contributed by atoms with Crippen LogP contribution in [-0.2, 0) is 0 Å². The van der Waals surface area contributed by atoms with Crippen LogP contribution in [0.3, 0.4) is 0 Å². The van der Waals surface area contributed by atoms with Crippen molar-refractivity contribution in [3.63, 3.8) is 0 Å². The van der Waals surface area contributed by atoms with E-state index in [2.05, 4.69) is 29.1 Å². The zero-order valence-corrected chi connectivity index (χ0v) is 10.6. The van der Waals surface area contributed by atoms with Crippen molar-refractivity contribution < 1.29 is 5.11 Å². The summed E-state index contributed by atoms with van der Waals surface area (Å²) in [6.45, 7) is 9.41. The molecule has 4 nitrogen and oxygen atoms in total. The van der Waals surface area contributed by atoms with Gasteiger partial charge >= 0.3 is 0 Å². The molecular formula is C12H25N3O. The lowest BCUT2D eigenvalue weighted by Gasteiger charge is -2.34. The summed E-state index contributed by atoms with van der Waals surface area (Å²) in [5, 5.41) is 12.7. The second-order valence-corrected chi connectivity index (χ2v) is 5.77. The van der Waals surface area contributed by atoms with Crippen LogP contribution in [0.5, 0.6) is 0 Å². The van der Waals surface area contributed by atoms with Gasteiger partial charge in [-0.05, 0) is 32.9 Å². The highest BCUT2D eigenvalue weighted by molar-refractivity contribution is 4.93. The standard InChI is InChI=1S/C12H25N3O/c1-12(10-16)7-11(8-13-12)9-15-5-3-14(2)4-6-15/h11,13,16H,3-10H2,1-2H3. The summed E-state index contributed by atoms with van der Waals surface area (Å²) < 4.78 is 0. The first-order valence-corrected chi connectivity index (χ1v) is 6.38. The number of hydrogen-bond acceptors (Lipinski definition) is 4. The zero-order chi connectivity index (χ0) is 11.6. The third-order valence-corrected chi connectivity index (χ3v) is 4.02. The van der Waals surface area contributed by atoms with Crippen molar-refractivity contribution in [2.45, 2.75) is 18.9 Å². The third kappa shape index (κ3) is 2.94. The van der Waals surface area contributed by atoms with E-state index in [0.717, 1.165) is 13.0 Å². The average Bonchev–Trinajstić information content (AvgIpc) is 2.65. The highest BCUT2D eigenvalue weighted by atomic mass is 16.3. The first kappa shape index (κ1) is 12.3. The third-order valence-electron chi connectivity index (χ3n) is 4.02. The summed E-state index contributed by atoms with van der Waals surface area (Å²) in [6, 6.07) is 0. The van der Waals surface area contributed by atoms with Crippen molar-refractivity contribution in [2.75, 3.05) is 52.9 Å². The molecular weight excluding hydrogens is 202 g/mol. The van der Waals surface area contributed by atoms with Crippen LogP contribution in [0.4, 0.5) is 0 Å². The molecule has 0 radical (unpaired) electrons. The fourth-order valence-corrected chi connectivity index (χ4v) is 2.82. The average molecular weight is 227 g/mol. The highest BCUT2D eigenvalue weighted by Crippen LogP contribution is 2.24. The van der Waals surface area contributed by atoms with Crippen LogP contribution in [0, 0.1) is 5.92 Å². The Bertz CT molecular complexity index is 228. The SMILES string of the molecule is CN1CCN(CC2CNC(C)(CO)C2)CC1. The van der Waals surface area contributed by atoms with E-state index in [0.29, 0.717) is 5.92 Å². The largest absolute Gasteiger partial charge is 0.394 e. The smallest absolute Gasteiger partial charge is 0.0610 e. The Hall–Kier alpha value is -0.160. The quantitative estimate of drug-likeness (QED) is 0.688. The van der Waals surface area contributed by atoms with E-state index in [9.17, 15) is 5.11 Å². The molecule has 2 heterocycles. The maximum atomic E-state index is 9.30. The van der Waals surface area contributed by atoms with Gasteiger partial charge in [0.1, 0.15) is 0 Å². The number of likely N-dealkylation sites (N-methyl/N-ethyl adjacent to an activating group) is 1. The molecule has 2 N–H and O–H groups in total. The van der Waals surface area contributed by atoms with Crippen molar-refractivity contribution in [3.05, 3.63) is 0 Å². The topological polar surface area (TPSA) is 38.7 Å². The fraction of sp³-hybridized carbons (Fsp3) is 1.00. The predicted octanol–water partition coefficient (Wildman–Crippen LogP) is -0.406. The lowest BCUT2D eigenvalue weighted by Crippen LogP contribution is -2.46. The molecule has 2 fully saturated rings. The van der Waals surface area contributed by atoms with Gasteiger partial charge in [0.25, 0.3) is 0 Å². The van der Waals surface area contributed by atoms with Crippen molar-refractivity contribution in [1.82, 2.24) is 15.1 Å². The molecule has 0 aromatic rings. The van der Waals surface area contributed by atoms with E-state index in [1.54, 1.807) is 0 Å². The molecule has 2 rings (SSSR count). The molecule has 2 unspecified atom stereocenters. The molecule has 0 aliphatic carbocycles. The summed E-state index contributed by atoms with van der Waals surface area (Å²) in [4.78, 5) is 4.96. The number of aliphatic hydroxyl groups excluding tert-OH is 1. The van der Waals surface area contributed by atoms with Crippen LogP contribution >= 0.6 is 0 Å². The molecule has 0 amide bonds. The van der Waals surface area contributed by atoms with Crippen LogP contribution in [0.1, 0.15) is 13.3 Å². The van der Waals surface area contributed by atoms with Gasteiger partial charge in [-0.2, -0.15) is 0 Å². The van der Waals surface area contributed by atoms with Crippen LogP contribution in [0.15, 0.2) is 0 Å². The van der Waals surface area contributed by atoms with Gasteiger partial charge in [-0.3, -0.25) is 0 Å². The summed E-state index contributed by atoms with van der Waals surface area (Å²) in [6.07, 6.45) is 1.11. The molecule has 0 aromatic heterocycles. The lowest BCUT2D eigenvalue weighted by molar-refractivity contribution is 0.134. The van der Waals surface area contributed by atoms with Crippen molar-refractivity contribution in [3.8, 4) is 0 Å². The molecule has 0 aromatic carbocycles. The van der Waals surface area contributed by atoms with E-state index < -0.39 is 0 Å². The van der Waals surface area contributed by atoms with Gasteiger partial charge in [0, 0.05) is 38.3 Å². The van der Waals surface area contributed by atoms with E-state index in [4.69, 9.17) is 0 Å². The van der Waals surface area contributed by atoms with Crippen LogP contribution in [-0.4, -0.2) is 73.4 Å². The molecule has 4 heteroatoms. The number of aliphatic hydroxyl groups is 1. The Morgan fingerprint density at radius 3 is 2.56 bits per heavy atom. The molecule has 2 atom stereocenters. The lowest BCUT2D eigenvalue weighted by atomic mass is 9.95. The van der Waals surface area contributed by atoms with Crippen LogP contribution < -0.4 is 5.32 Å². The first-order valence-electron chi connectivity index (χ1n) is 6.38. The van der Waals surface area contributed by atoms with Gasteiger partial charge in [0.15, 0.2) is 0 Å². The molecule has 2 aliphatic rings. The number of piperazine rings is 1. The van der Waals surface area contributed by atoms with E-state index in [1.165, 1.54) is 32.7 Å². The first-order chi connectivity index (χ1) is 7.61. The number of nitrogens with zero attached hydrogens (tertiary/aromatic N) is 2. The summed E-state index contributed by atoms with van der Waals surface area (Å²) >= 11 is 0. The summed E-state index contributed by atoms with van der Waals surface area (Å²) in [7, 11) is 2.19. The van der Waals surface area contributed by atoms with E-state index >= 15 is 0 Å². The minimum absolute atomic E-state index is 0.0305. The minimum atomic E-state index is -0.0305. The van der Waals surface area contributed by atoms with Gasteiger partial charge in [-0.1, -0.05) is 0 Å². The van der Waals surface area contributed by atoms with Crippen molar-refractivity contribution >= 4 is 0 Å². The maximum Gasteiger partial charge on any atom is 0.0610 e. The van der Waals surface area contributed by atoms with Gasteiger partial charge in [-0.25, -0.2) is 0 Å². The summed E-state index contributed by atoms with van der Waals surface area (Å²) in [5.41, 5.74) is -0.0305. The fourth-order valence-electron chi connectivity index (χ4n) is 2.82. The highest BCUT2D eigenvalue weighted by Gasteiger charge is 2.34. The van der Waals surface area contributed by atoms with Crippen molar-refractivity contribution in [1.29, 1.82) is 0 Å². The molecule has 94 valence electrons. The second-order valence-electron chi connectivity index (χ2n) is 5.77. The number of hydrogen-bond donors (Lipinski definition) is 2. The molecule has 2 saturated heterocycles. The normalized spacial score (nSPS) is 38.1. The van der Waals surface area contributed by atoms with E-state index in [-0.39, 0.29) is 12.1 Å². The van der Waals surface area contributed by atoms with Gasteiger partial charge in [0.05, 0.1) is 6.61 Å². The Balaban J connectivity index is 1.75. The molecule has 0 saturated carbocycles. The van der Waals surface area contributed by atoms with Crippen LogP contribution in [0.25, 0.3) is 0 Å². The Morgan fingerprint density at radius 2 is 2.00 bits per heavy atom. The maximum absolute atomic E-state index is 9.30. The molecule has 0 spiro atoms. The van der Waals surface area contributed by atoms with Crippen molar-refractivity contribution in [2.24, 2.45) is 5.92 Å². The molecule has 0 bridgehead atoms. The van der Waals surface area contributed by atoms with Gasteiger partial charge in [0.2, 0.25) is 0 Å². The Labute approximate surface area is 98.6 Å². The zero-order valence-electron chi connectivity index (χ0n) is 10.6. The van der Waals surface area contributed by atoms with E-state index in [1.807, 2.05) is 0 Å². The van der Waals surface area contributed by atoms with Gasteiger partial charge < -0.3 is 20.2 Å². The monoisotopic (exact) mass is 227 g/mol. The second kappa shape index (κ2) is 5.00. The van der Waals surface area contributed by atoms with Crippen LogP contribution in [0.2, 0.25) is 0 Å². The molecule has 16 heavy (non-hydrogen) atoms. The van der Waals surface area contributed by atoms with Gasteiger partial charge in [-0.15, -0.1) is 0 Å². The number of nitrogens with one attached hydrogen (secondary N) is 1. The molecule has 2 aliphatic heterocycles. The Kier molecular flexibility index (Phi) is 3.85. The predicted molar refractivity (Wildman–Crippen MR) is 65.5 cm³/mol. The number of rotatable bonds is 3. The minimum Gasteiger partial charge on any atom is -0.394 e. The Morgan fingerprint density at radius 1 is 1.31 bits per heavy atom. The summed E-state index contributed by atoms with van der Waals surface area (Å²) in [5.74, 6) is 0.709.